The van der Waals surface area contributed by atoms with Crippen molar-refractivity contribution >= 4 is 11.8 Å². The van der Waals surface area contributed by atoms with Crippen LogP contribution in [0.2, 0.25) is 0 Å². The van der Waals surface area contributed by atoms with E-state index in [0.717, 1.165) is 24.9 Å². The summed E-state index contributed by atoms with van der Waals surface area (Å²) in [5, 5.41) is 0. The molecule has 0 radical (unpaired) electrons. The van der Waals surface area contributed by atoms with Gasteiger partial charge in [-0.15, -0.1) is 0 Å². The van der Waals surface area contributed by atoms with Crippen LogP contribution in [0, 0.1) is 5.41 Å². The lowest BCUT2D eigenvalue weighted by Gasteiger charge is -2.39. The zero-order valence-electron chi connectivity index (χ0n) is 16.4. The molecule has 2 heterocycles. The first-order chi connectivity index (χ1) is 12.9. The van der Waals surface area contributed by atoms with Crippen LogP contribution in [-0.4, -0.2) is 62.5 Å². The molecule has 0 bridgehead atoms. The Hall–Kier alpha value is -2.28. The topological polar surface area (TPSA) is 85.1 Å². The maximum atomic E-state index is 12.7. The van der Waals surface area contributed by atoms with Gasteiger partial charge in [-0.25, -0.2) is 0 Å². The Bertz CT molecular complexity index is 713. The fourth-order valence-corrected chi connectivity index (χ4v) is 4.19. The van der Waals surface area contributed by atoms with Gasteiger partial charge in [-0.1, -0.05) is 6.07 Å². The van der Waals surface area contributed by atoms with Gasteiger partial charge < -0.3 is 25.0 Å². The van der Waals surface area contributed by atoms with Crippen molar-refractivity contribution in [2.75, 3.05) is 40.9 Å². The molecule has 2 aliphatic rings. The van der Waals surface area contributed by atoms with Crippen molar-refractivity contribution in [2.24, 2.45) is 11.1 Å². The number of ether oxygens (including phenoxy) is 2. The Kier molecular flexibility index (Phi) is 5.60. The first kappa shape index (κ1) is 19.5. The van der Waals surface area contributed by atoms with E-state index >= 15 is 0 Å². The lowest BCUT2D eigenvalue weighted by molar-refractivity contribution is -0.133. The van der Waals surface area contributed by atoms with Gasteiger partial charge in [-0.05, 0) is 30.5 Å². The normalized spacial score (nSPS) is 20.1. The highest BCUT2D eigenvalue weighted by molar-refractivity contribution is 5.80. The molecule has 7 nitrogen and oxygen atoms in total. The first-order valence-electron chi connectivity index (χ1n) is 9.37. The Balaban J connectivity index is 1.57. The molecule has 148 valence electrons. The number of hydrogen-bond donors (Lipinski definition) is 1. The summed E-state index contributed by atoms with van der Waals surface area (Å²) in [5.74, 6) is 1.51. The van der Waals surface area contributed by atoms with Gasteiger partial charge in [0.25, 0.3) is 0 Å². The molecular weight excluding hydrogens is 346 g/mol. The fourth-order valence-electron chi connectivity index (χ4n) is 4.19. The minimum atomic E-state index is -0.396. The lowest BCUT2D eigenvalue weighted by Crippen LogP contribution is -2.44. The molecule has 0 saturated carbocycles. The number of methoxy groups -OCH3 is 2. The van der Waals surface area contributed by atoms with E-state index < -0.39 is 6.04 Å². The molecule has 2 saturated heterocycles. The number of piperidine rings is 1. The van der Waals surface area contributed by atoms with Crippen LogP contribution in [0.1, 0.15) is 37.3 Å². The van der Waals surface area contributed by atoms with Gasteiger partial charge in [-0.3, -0.25) is 9.59 Å². The third-order valence-corrected chi connectivity index (χ3v) is 5.93. The third kappa shape index (κ3) is 4.03. The summed E-state index contributed by atoms with van der Waals surface area (Å²) in [4.78, 5) is 28.3. The summed E-state index contributed by atoms with van der Waals surface area (Å²) in [6.45, 7) is 2.19. The highest BCUT2D eigenvalue weighted by Gasteiger charge is 2.44. The lowest BCUT2D eigenvalue weighted by atomic mass is 9.77. The molecule has 0 aliphatic carbocycles. The Morgan fingerprint density at radius 1 is 1.22 bits per heavy atom. The van der Waals surface area contributed by atoms with Crippen LogP contribution in [0.25, 0.3) is 0 Å². The maximum Gasteiger partial charge on any atom is 0.224 e. The van der Waals surface area contributed by atoms with E-state index in [0.29, 0.717) is 31.0 Å². The van der Waals surface area contributed by atoms with E-state index in [4.69, 9.17) is 15.2 Å². The smallest absolute Gasteiger partial charge is 0.224 e. The average molecular weight is 375 g/mol. The third-order valence-electron chi connectivity index (χ3n) is 5.93. The Morgan fingerprint density at radius 3 is 2.44 bits per heavy atom. The minimum Gasteiger partial charge on any atom is -0.493 e. The number of benzene rings is 1. The molecule has 0 aromatic heterocycles. The van der Waals surface area contributed by atoms with Crippen LogP contribution in [-0.2, 0) is 9.59 Å². The molecule has 1 aromatic carbocycles. The number of likely N-dealkylation sites (tertiary alicyclic amines) is 2. The molecule has 3 rings (SSSR count). The number of carbonyl (C=O) groups excluding carboxylic acids is 2. The highest BCUT2D eigenvalue weighted by atomic mass is 16.5. The fraction of sp³-hybridized carbons (Fsp3) is 0.600. The molecule has 2 amide bonds. The number of rotatable bonds is 5. The van der Waals surface area contributed by atoms with E-state index in [1.165, 1.54) is 0 Å². The molecule has 2 N–H and O–H groups in total. The molecule has 1 aromatic rings. The summed E-state index contributed by atoms with van der Waals surface area (Å²) in [5.41, 5.74) is 7.17. The first-order valence-corrected chi connectivity index (χ1v) is 9.37. The number of nitrogens with two attached hydrogens (primary N) is 1. The van der Waals surface area contributed by atoms with Crippen molar-refractivity contribution in [2.45, 2.75) is 31.7 Å². The second-order valence-electron chi connectivity index (χ2n) is 7.73. The van der Waals surface area contributed by atoms with Crippen molar-refractivity contribution in [3.63, 3.8) is 0 Å². The molecule has 2 aliphatic heterocycles. The Labute approximate surface area is 160 Å². The quantitative estimate of drug-likeness (QED) is 0.844. The van der Waals surface area contributed by atoms with Gasteiger partial charge in [0.15, 0.2) is 11.5 Å². The van der Waals surface area contributed by atoms with E-state index in [2.05, 4.69) is 0 Å². The maximum absolute atomic E-state index is 12.7. The van der Waals surface area contributed by atoms with Gasteiger partial charge in [0.2, 0.25) is 11.8 Å². The SMILES string of the molecule is COc1ccc(C(N)CC(=O)N2CCC3(CC2)CC(=O)N(C)C3)cc1OC. The molecule has 2 fully saturated rings. The second kappa shape index (κ2) is 7.76. The van der Waals surface area contributed by atoms with Gasteiger partial charge >= 0.3 is 0 Å². The van der Waals surface area contributed by atoms with Crippen LogP contribution in [0.3, 0.4) is 0 Å². The predicted octanol–water partition coefficient (Wildman–Crippen LogP) is 1.56. The van der Waals surface area contributed by atoms with Crippen molar-refractivity contribution in [1.82, 2.24) is 9.80 Å². The summed E-state index contributed by atoms with van der Waals surface area (Å²) >= 11 is 0. The number of carbonyl (C=O) groups is 2. The molecule has 7 heteroatoms. The number of hydrogen-bond acceptors (Lipinski definition) is 5. The van der Waals surface area contributed by atoms with Crippen LogP contribution >= 0.6 is 0 Å². The van der Waals surface area contributed by atoms with Crippen LogP contribution in [0.5, 0.6) is 11.5 Å². The molecule has 1 unspecified atom stereocenters. The van der Waals surface area contributed by atoms with E-state index in [1.807, 2.05) is 29.0 Å². The Morgan fingerprint density at radius 2 is 1.89 bits per heavy atom. The van der Waals surface area contributed by atoms with Crippen molar-refractivity contribution < 1.29 is 19.1 Å². The van der Waals surface area contributed by atoms with Crippen LogP contribution in [0.15, 0.2) is 18.2 Å². The van der Waals surface area contributed by atoms with Crippen molar-refractivity contribution in [1.29, 1.82) is 0 Å². The zero-order chi connectivity index (χ0) is 19.6. The standard InChI is InChI=1S/C20H29N3O4/c1-22-13-20(12-19(22)25)6-8-23(9-7-20)18(24)11-15(21)14-4-5-16(26-2)17(10-14)27-3/h4-5,10,15H,6-9,11-13,21H2,1-3H3. The van der Waals surface area contributed by atoms with Crippen molar-refractivity contribution in [3.8, 4) is 11.5 Å². The summed E-state index contributed by atoms with van der Waals surface area (Å²) < 4.78 is 10.6. The van der Waals surface area contributed by atoms with Gasteiger partial charge in [0, 0.05) is 51.0 Å². The summed E-state index contributed by atoms with van der Waals surface area (Å²) in [7, 11) is 5.02. The largest absolute Gasteiger partial charge is 0.493 e. The molecule has 27 heavy (non-hydrogen) atoms. The van der Waals surface area contributed by atoms with E-state index in [-0.39, 0.29) is 23.7 Å². The predicted molar refractivity (Wildman–Crippen MR) is 102 cm³/mol. The zero-order valence-corrected chi connectivity index (χ0v) is 16.4. The van der Waals surface area contributed by atoms with Crippen molar-refractivity contribution in [3.05, 3.63) is 23.8 Å². The molecule has 1 atom stereocenters. The molecule has 1 spiro atoms. The molecular formula is C20H29N3O4. The minimum absolute atomic E-state index is 0.0497. The van der Waals surface area contributed by atoms with Crippen LogP contribution < -0.4 is 15.2 Å². The number of amides is 2. The average Bonchev–Trinajstić information content (AvgIpc) is 2.94. The van der Waals surface area contributed by atoms with Gasteiger partial charge in [0.05, 0.1) is 14.2 Å². The monoisotopic (exact) mass is 375 g/mol. The van der Waals surface area contributed by atoms with Gasteiger partial charge in [0.1, 0.15) is 0 Å². The van der Waals surface area contributed by atoms with E-state index in [1.54, 1.807) is 20.3 Å². The summed E-state index contributed by atoms with van der Waals surface area (Å²) in [6.07, 6.45) is 2.61. The summed E-state index contributed by atoms with van der Waals surface area (Å²) in [6, 6.07) is 5.09. The van der Waals surface area contributed by atoms with Gasteiger partial charge in [-0.2, -0.15) is 0 Å². The van der Waals surface area contributed by atoms with Crippen LogP contribution in [0.4, 0.5) is 0 Å². The number of nitrogens with zero attached hydrogens (tertiary/aromatic N) is 2. The second-order valence-corrected chi connectivity index (χ2v) is 7.73. The van der Waals surface area contributed by atoms with E-state index in [9.17, 15) is 9.59 Å². The highest BCUT2D eigenvalue weighted by Crippen LogP contribution is 2.40.